The fourth-order valence-corrected chi connectivity index (χ4v) is 4.15. The molecule has 1 unspecified atom stereocenters. The smallest absolute Gasteiger partial charge is 0.114 e. The highest BCUT2D eigenvalue weighted by atomic mass is 32.1. The molecule has 1 atom stereocenters. The van der Waals surface area contributed by atoms with Crippen LogP contribution in [0, 0.1) is 6.92 Å². The van der Waals surface area contributed by atoms with E-state index in [1.165, 1.54) is 46.5 Å². The average molecular weight is 260 g/mol. The Hall–Kier alpha value is -0.930. The predicted octanol–water partition coefficient (Wildman–Crippen LogP) is 3.98. The molecule has 2 heterocycles. The third-order valence-corrected chi connectivity index (χ3v) is 5.11. The maximum absolute atomic E-state index is 4.90. The van der Waals surface area contributed by atoms with Gasteiger partial charge in [0.15, 0.2) is 0 Å². The van der Waals surface area contributed by atoms with Crippen molar-refractivity contribution >= 4 is 21.6 Å². The lowest BCUT2D eigenvalue weighted by Gasteiger charge is -2.26. The van der Waals surface area contributed by atoms with E-state index in [1.807, 2.05) is 11.3 Å². The molecule has 0 radical (unpaired) electrons. The van der Waals surface area contributed by atoms with Gasteiger partial charge in [0.1, 0.15) is 5.01 Å². The van der Waals surface area contributed by atoms with Gasteiger partial charge in [-0.05, 0) is 50.4 Å². The van der Waals surface area contributed by atoms with Crippen molar-refractivity contribution in [2.45, 2.75) is 45.1 Å². The monoisotopic (exact) mass is 260 g/mol. The molecule has 1 fully saturated rings. The summed E-state index contributed by atoms with van der Waals surface area (Å²) in [4.78, 5) is 4.90. The molecule has 0 spiro atoms. The highest BCUT2D eigenvalue weighted by Gasteiger charge is 2.37. The van der Waals surface area contributed by atoms with Crippen molar-refractivity contribution in [1.82, 2.24) is 10.3 Å². The molecule has 3 rings (SSSR count). The maximum atomic E-state index is 4.90. The first-order valence-corrected chi connectivity index (χ1v) is 7.68. The van der Waals surface area contributed by atoms with Gasteiger partial charge in [0.25, 0.3) is 0 Å². The van der Waals surface area contributed by atoms with Crippen molar-refractivity contribution in [1.29, 1.82) is 0 Å². The second kappa shape index (κ2) is 4.63. The van der Waals surface area contributed by atoms with Crippen LogP contribution in [0.5, 0.6) is 0 Å². The topological polar surface area (TPSA) is 24.9 Å². The van der Waals surface area contributed by atoms with E-state index < -0.39 is 0 Å². The van der Waals surface area contributed by atoms with E-state index in [2.05, 4.69) is 37.4 Å². The quantitative estimate of drug-likeness (QED) is 0.902. The normalized spacial score (nSPS) is 23.9. The molecule has 0 saturated carbocycles. The summed E-state index contributed by atoms with van der Waals surface area (Å²) in [5.74, 6) is 0. The van der Waals surface area contributed by atoms with Crippen LogP contribution in [0.25, 0.3) is 10.2 Å². The van der Waals surface area contributed by atoms with Crippen LogP contribution < -0.4 is 5.32 Å². The molecular weight excluding hydrogens is 240 g/mol. The Morgan fingerprint density at radius 2 is 2.33 bits per heavy atom. The summed E-state index contributed by atoms with van der Waals surface area (Å²) in [6.07, 6.45) is 4.92. The highest BCUT2D eigenvalue weighted by molar-refractivity contribution is 7.18. The Balaban J connectivity index is 2.06. The Labute approximate surface area is 112 Å². The number of rotatable bonds is 3. The van der Waals surface area contributed by atoms with Crippen LogP contribution in [0.1, 0.15) is 43.2 Å². The van der Waals surface area contributed by atoms with E-state index in [4.69, 9.17) is 4.98 Å². The minimum Gasteiger partial charge on any atom is -0.305 e. The molecular formula is C15H20N2S. The number of aromatic nitrogens is 1. The van der Waals surface area contributed by atoms with Gasteiger partial charge in [0, 0.05) is 0 Å². The highest BCUT2D eigenvalue weighted by Crippen LogP contribution is 2.39. The summed E-state index contributed by atoms with van der Waals surface area (Å²) in [5.41, 5.74) is 2.62. The number of hydrogen-bond donors (Lipinski definition) is 1. The molecule has 2 nitrogen and oxygen atoms in total. The molecule has 0 amide bonds. The van der Waals surface area contributed by atoms with E-state index in [-0.39, 0.29) is 5.54 Å². The molecule has 1 aliphatic rings. The Morgan fingerprint density at radius 1 is 1.44 bits per heavy atom. The van der Waals surface area contributed by atoms with Gasteiger partial charge in [-0.25, -0.2) is 4.98 Å². The number of hydrogen-bond acceptors (Lipinski definition) is 3. The van der Waals surface area contributed by atoms with Crippen molar-refractivity contribution < 1.29 is 0 Å². The van der Waals surface area contributed by atoms with Gasteiger partial charge < -0.3 is 5.32 Å². The first-order valence-electron chi connectivity index (χ1n) is 6.86. The summed E-state index contributed by atoms with van der Waals surface area (Å²) >= 11 is 1.87. The largest absolute Gasteiger partial charge is 0.305 e. The molecule has 1 N–H and O–H groups in total. The first kappa shape index (κ1) is 12.1. The maximum Gasteiger partial charge on any atom is 0.114 e. The van der Waals surface area contributed by atoms with Gasteiger partial charge in [-0.3, -0.25) is 0 Å². The minimum atomic E-state index is 0.159. The molecule has 1 aromatic carbocycles. The lowest BCUT2D eigenvalue weighted by molar-refractivity contribution is 0.355. The van der Waals surface area contributed by atoms with Crippen LogP contribution >= 0.6 is 11.3 Å². The summed E-state index contributed by atoms with van der Waals surface area (Å²) in [7, 11) is 0. The van der Waals surface area contributed by atoms with Crippen molar-refractivity contribution in [3.8, 4) is 0 Å². The van der Waals surface area contributed by atoms with Crippen molar-refractivity contribution in [2.75, 3.05) is 6.54 Å². The number of benzene rings is 1. The zero-order chi connectivity index (χ0) is 12.6. The zero-order valence-corrected chi connectivity index (χ0v) is 11.9. The number of fused-ring (bicyclic) bond motifs is 1. The van der Waals surface area contributed by atoms with Crippen molar-refractivity contribution in [3.63, 3.8) is 0 Å². The lowest BCUT2D eigenvalue weighted by Crippen LogP contribution is -2.36. The Bertz CT molecular complexity index is 553. The lowest BCUT2D eigenvalue weighted by atomic mass is 9.93. The van der Waals surface area contributed by atoms with Gasteiger partial charge in [-0.1, -0.05) is 19.4 Å². The summed E-state index contributed by atoms with van der Waals surface area (Å²) in [6.45, 7) is 5.53. The van der Waals surface area contributed by atoms with Crippen LogP contribution in [-0.4, -0.2) is 11.5 Å². The molecule has 2 aromatic rings. The van der Waals surface area contributed by atoms with Gasteiger partial charge in [0.2, 0.25) is 0 Å². The average Bonchev–Trinajstić information content (AvgIpc) is 2.95. The molecule has 18 heavy (non-hydrogen) atoms. The molecule has 1 saturated heterocycles. The SMILES string of the molecule is CCCC1(c2nc3cc(C)ccc3s2)CCCN1. The number of thiazole rings is 1. The van der Waals surface area contributed by atoms with E-state index in [0.29, 0.717) is 0 Å². The molecule has 0 aliphatic carbocycles. The summed E-state index contributed by atoms with van der Waals surface area (Å²) in [5, 5.41) is 5.00. The van der Waals surface area contributed by atoms with E-state index in [1.54, 1.807) is 0 Å². The number of nitrogens with one attached hydrogen (secondary N) is 1. The third kappa shape index (κ3) is 1.95. The van der Waals surface area contributed by atoms with Gasteiger partial charge >= 0.3 is 0 Å². The first-order chi connectivity index (χ1) is 8.73. The third-order valence-electron chi connectivity index (χ3n) is 3.87. The van der Waals surface area contributed by atoms with Crippen molar-refractivity contribution in [2.24, 2.45) is 0 Å². The zero-order valence-electron chi connectivity index (χ0n) is 11.1. The second-order valence-electron chi connectivity index (χ2n) is 5.35. The van der Waals surface area contributed by atoms with E-state index >= 15 is 0 Å². The molecule has 0 bridgehead atoms. The van der Waals surface area contributed by atoms with E-state index in [9.17, 15) is 0 Å². The molecule has 1 aliphatic heterocycles. The predicted molar refractivity (Wildman–Crippen MR) is 78.2 cm³/mol. The van der Waals surface area contributed by atoms with Crippen LogP contribution in [0.4, 0.5) is 0 Å². The second-order valence-corrected chi connectivity index (χ2v) is 6.38. The standard InChI is InChI=1S/C15H20N2S/c1-3-7-15(8-4-9-16-15)14-17-12-10-11(2)5-6-13(12)18-14/h5-6,10,16H,3-4,7-9H2,1-2H3. The molecule has 96 valence electrons. The van der Waals surface area contributed by atoms with Crippen LogP contribution in [-0.2, 0) is 5.54 Å². The van der Waals surface area contributed by atoms with Gasteiger partial charge in [-0.2, -0.15) is 0 Å². The summed E-state index contributed by atoms with van der Waals surface area (Å²) in [6, 6.07) is 6.59. The molecule has 1 aromatic heterocycles. The Kier molecular flexibility index (Phi) is 3.12. The molecule has 3 heteroatoms. The fourth-order valence-electron chi connectivity index (χ4n) is 2.98. The van der Waals surface area contributed by atoms with Gasteiger partial charge in [0.05, 0.1) is 15.8 Å². The number of aryl methyl sites for hydroxylation is 1. The van der Waals surface area contributed by atoms with Gasteiger partial charge in [-0.15, -0.1) is 11.3 Å². The van der Waals surface area contributed by atoms with E-state index in [0.717, 1.165) is 6.54 Å². The fraction of sp³-hybridized carbons (Fsp3) is 0.533. The van der Waals surface area contributed by atoms with Crippen LogP contribution in [0.2, 0.25) is 0 Å². The Morgan fingerprint density at radius 3 is 3.06 bits per heavy atom. The van der Waals surface area contributed by atoms with Crippen LogP contribution in [0.3, 0.4) is 0 Å². The van der Waals surface area contributed by atoms with Crippen molar-refractivity contribution in [3.05, 3.63) is 28.8 Å². The summed E-state index contributed by atoms with van der Waals surface area (Å²) < 4.78 is 1.32. The minimum absolute atomic E-state index is 0.159. The number of nitrogens with zero attached hydrogens (tertiary/aromatic N) is 1. The van der Waals surface area contributed by atoms with Crippen LogP contribution in [0.15, 0.2) is 18.2 Å².